The van der Waals surface area contributed by atoms with Gasteiger partial charge < -0.3 is 5.73 Å². The molecule has 0 saturated carbocycles. The lowest BCUT2D eigenvalue weighted by Gasteiger charge is -2.05. The van der Waals surface area contributed by atoms with Gasteiger partial charge in [-0.25, -0.2) is 13.8 Å². The molecule has 0 aliphatic heterocycles. The van der Waals surface area contributed by atoms with Crippen LogP contribution in [0.2, 0.25) is 5.15 Å². The molecule has 70 valence electrons. The summed E-state index contributed by atoms with van der Waals surface area (Å²) in [6.07, 6.45) is -1.70. The number of halogens is 3. The molecule has 0 atom stereocenters. The highest BCUT2D eigenvalue weighted by atomic mass is 35.5. The van der Waals surface area contributed by atoms with E-state index in [0.29, 0.717) is 0 Å². The first-order chi connectivity index (χ1) is 6.04. The zero-order valence-corrected chi connectivity index (χ0v) is 7.05. The fourth-order valence-corrected chi connectivity index (χ4v) is 1.13. The Kier molecular flexibility index (Phi) is 2.77. The molecule has 0 bridgehead atoms. The van der Waals surface area contributed by atoms with Crippen LogP contribution >= 0.6 is 11.6 Å². The topological polar surface area (TPSA) is 56.0 Å². The molecule has 0 aromatic carbocycles. The van der Waals surface area contributed by atoms with Crippen LogP contribution in [0.5, 0.6) is 0 Å². The Labute approximate surface area is 77.5 Å². The van der Waals surface area contributed by atoms with E-state index in [1.54, 1.807) is 0 Å². The van der Waals surface area contributed by atoms with Gasteiger partial charge in [0.15, 0.2) is 0 Å². The van der Waals surface area contributed by atoms with E-state index in [9.17, 15) is 13.6 Å². The lowest BCUT2D eigenvalue weighted by Crippen LogP contribution is -2.15. The van der Waals surface area contributed by atoms with Crippen molar-refractivity contribution in [2.45, 2.75) is 6.43 Å². The summed E-state index contributed by atoms with van der Waals surface area (Å²) in [5.41, 5.74) is 3.95. The standard InChI is InChI=1S/C7H5ClF2N2O/c8-5-4(7(11)13)3(6(9)10)1-2-12-5/h1-2,6H,(H2,11,13). The van der Waals surface area contributed by atoms with Gasteiger partial charge in [-0.05, 0) is 6.07 Å². The first-order valence-electron chi connectivity index (χ1n) is 3.26. The average Bonchev–Trinajstić information content (AvgIpc) is 2.02. The summed E-state index contributed by atoms with van der Waals surface area (Å²) in [7, 11) is 0. The van der Waals surface area contributed by atoms with Crippen molar-refractivity contribution in [2.24, 2.45) is 5.73 Å². The zero-order valence-electron chi connectivity index (χ0n) is 6.30. The number of aromatic nitrogens is 1. The van der Waals surface area contributed by atoms with Gasteiger partial charge in [0.1, 0.15) is 5.15 Å². The molecule has 2 N–H and O–H groups in total. The van der Waals surface area contributed by atoms with Crippen molar-refractivity contribution >= 4 is 17.5 Å². The maximum atomic E-state index is 12.3. The van der Waals surface area contributed by atoms with Gasteiger partial charge in [0.25, 0.3) is 12.3 Å². The lowest BCUT2D eigenvalue weighted by atomic mass is 10.1. The monoisotopic (exact) mass is 206 g/mol. The molecule has 1 heterocycles. The number of amides is 1. The number of hydrogen-bond acceptors (Lipinski definition) is 2. The second-order valence-corrected chi connectivity index (χ2v) is 2.59. The number of carbonyl (C=O) groups excluding carboxylic acids is 1. The molecule has 1 aromatic heterocycles. The molecule has 0 unspecified atom stereocenters. The molecule has 1 amide bonds. The summed E-state index contributed by atoms with van der Waals surface area (Å²) >= 11 is 5.42. The molecule has 13 heavy (non-hydrogen) atoms. The normalized spacial score (nSPS) is 10.5. The first kappa shape index (κ1) is 9.85. The van der Waals surface area contributed by atoms with Gasteiger partial charge in [0.05, 0.1) is 5.56 Å². The Morgan fingerprint density at radius 2 is 2.23 bits per heavy atom. The molecular weight excluding hydrogens is 202 g/mol. The number of alkyl halides is 2. The molecule has 0 aliphatic rings. The second-order valence-electron chi connectivity index (χ2n) is 2.23. The first-order valence-corrected chi connectivity index (χ1v) is 3.64. The zero-order chi connectivity index (χ0) is 10.0. The maximum Gasteiger partial charge on any atom is 0.264 e. The summed E-state index contributed by atoms with van der Waals surface area (Å²) in [5.74, 6) is -1.01. The van der Waals surface area contributed by atoms with Crippen molar-refractivity contribution < 1.29 is 13.6 Å². The van der Waals surface area contributed by atoms with Crippen molar-refractivity contribution in [1.82, 2.24) is 4.98 Å². The van der Waals surface area contributed by atoms with Gasteiger partial charge >= 0.3 is 0 Å². The largest absolute Gasteiger partial charge is 0.365 e. The van der Waals surface area contributed by atoms with E-state index in [4.69, 9.17) is 17.3 Å². The Morgan fingerprint density at radius 1 is 1.62 bits per heavy atom. The highest BCUT2D eigenvalue weighted by Crippen LogP contribution is 2.25. The van der Waals surface area contributed by atoms with Gasteiger partial charge in [0, 0.05) is 11.8 Å². The predicted octanol–water partition coefficient (Wildman–Crippen LogP) is 1.77. The summed E-state index contributed by atoms with van der Waals surface area (Å²) in [6.45, 7) is 0. The number of hydrogen-bond donors (Lipinski definition) is 1. The van der Waals surface area contributed by atoms with Crippen molar-refractivity contribution in [1.29, 1.82) is 0 Å². The Morgan fingerprint density at radius 3 is 2.62 bits per heavy atom. The van der Waals surface area contributed by atoms with Crippen molar-refractivity contribution in [3.63, 3.8) is 0 Å². The van der Waals surface area contributed by atoms with Gasteiger partial charge in [-0.1, -0.05) is 11.6 Å². The third-order valence-corrected chi connectivity index (χ3v) is 1.71. The second kappa shape index (κ2) is 3.66. The molecule has 3 nitrogen and oxygen atoms in total. The van der Waals surface area contributed by atoms with Crippen LogP contribution < -0.4 is 5.73 Å². The number of nitrogens with zero attached hydrogens (tertiary/aromatic N) is 1. The van der Waals surface area contributed by atoms with E-state index in [1.807, 2.05) is 0 Å². The van der Waals surface area contributed by atoms with Crippen LogP contribution in [0, 0.1) is 0 Å². The summed E-state index contributed by atoms with van der Waals surface area (Å²) in [5, 5.41) is -0.301. The van der Waals surface area contributed by atoms with E-state index in [2.05, 4.69) is 4.98 Å². The minimum atomic E-state index is -2.79. The third-order valence-electron chi connectivity index (χ3n) is 1.42. The molecule has 0 saturated heterocycles. The van der Waals surface area contributed by atoms with Crippen molar-refractivity contribution in [3.8, 4) is 0 Å². The number of rotatable bonds is 2. The van der Waals surface area contributed by atoms with Gasteiger partial charge in [-0.2, -0.15) is 0 Å². The Bertz CT molecular complexity index is 343. The van der Waals surface area contributed by atoms with E-state index in [0.717, 1.165) is 12.3 Å². The molecule has 6 heteroatoms. The van der Waals surface area contributed by atoms with Gasteiger partial charge in [-0.15, -0.1) is 0 Å². The smallest absolute Gasteiger partial charge is 0.264 e. The number of carbonyl (C=O) groups is 1. The van der Waals surface area contributed by atoms with E-state index >= 15 is 0 Å². The molecule has 0 spiro atoms. The fraction of sp³-hybridized carbons (Fsp3) is 0.143. The van der Waals surface area contributed by atoms with E-state index < -0.39 is 23.5 Å². The summed E-state index contributed by atoms with van der Waals surface area (Å²) in [4.78, 5) is 14.2. The molecule has 1 rings (SSSR count). The van der Waals surface area contributed by atoms with Crippen LogP contribution in [0.1, 0.15) is 22.3 Å². The summed E-state index contributed by atoms with van der Waals surface area (Å²) < 4.78 is 24.5. The Balaban J connectivity index is 3.34. The molecular formula is C7H5ClF2N2O. The highest BCUT2D eigenvalue weighted by Gasteiger charge is 2.19. The molecule has 1 aromatic rings. The lowest BCUT2D eigenvalue weighted by molar-refractivity contribution is 0.0986. The van der Waals surface area contributed by atoms with Crippen LogP contribution in [0.25, 0.3) is 0 Å². The van der Waals surface area contributed by atoms with Crippen LogP contribution in [-0.2, 0) is 0 Å². The quantitative estimate of drug-likeness (QED) is 0.750. The predicted molar refractivity (Wildman–Crippen MR) is 42.7 cm³/mol. The SMILES string of the molecule is NC(=O)c1c(C(F)F)ccnc1Cl. The van der Waals surface area contributed by atoms with Crippen molar-refractivity contribution in [2.75, 3.05) is 0 Å². The minimum Gasteiger partial charge on any atom is -0.365 e. The molecule has 0 fully saturated rings. The summed E-state index contributed by atoms with van der Waals surface area (Å²) in [6, 6.07) is 1.01. The van der Waals surface area contributed by atoms with E-state index in [-0.39, 0.29) is 5.15 Å². The van der Waals surface area contributed by atoms with Crippen LogP contribution in [0.3, 0.4) is 0 Å². The van der Waals surface area contributed by atoms with E-state index in [1.165, 1.54) is 0 Å². The number of nitrogens with two attached hydrogens (primary N) is 1. The Hall–Kier alpha value is -1.23. The minimum absolute atomic E-state index is 0.301. The number of pyridine rings is 1. The molecule has 0 radical (unpaired) electrons. The van der Waals surface area contributed by atoms with Crippen molar-refractivity contribution in [3.05, 3.63) is 28.5 Å². The van der Waals surface area contributed by atoms with Crippen LogP contribution in [-0.4, -0.2) is 10.9 Å². The molecule has 0 aliphatic carbocycles. The number of primary amides is 1. The van der Waals surface area contributed by atoms with Gasteiger partial charge in [0.2, 0.25) is 0 Å². The third kappa shape index (κ3) is 1.92. The average molecular weight is 207 g/mol. The van der Waals surface area contributed by atoms with Crippen LogP contribution in [0.4, 0.5) is 8.78 Å². The maximum absolute atomic E-state index is 12.3. The highest BCUT2D eigenvalue weighted by molar-refractivity contribution is 6.32. The van der Waals surface area contributed by atoms with Gasteiger partial charge in [-0.3, -0.25) is 4.79 Å². The fourth-order valence-electron chi connectivity index (χ4n) is 0.876. The van der Waals surface area contributed by atoms with Crippen LogP contribution in [0.15, 0.2) is 12.3 Å².